The second kappa shape index (κ2) is 8.60. The van der Waals surface area contributed by atoms with E-state index in [0.29, 0.717) is 18.1 Å². The molecule has 2 aliphatic rings. The van der Waals surface area contributed by atoms with Crippen molar-refractivity contribution in [1.29, 1.82) is 0 Å². The molecule has 0 amide bonds. The van der Waals surface area contributed by atoms with Gasteiger partial charge in [-0.2, -0.15) is 5.10 Å². The van der Waals surface area contributed by atoms with Crippen molar-refractivity contribution in [1.82, 2.24) is 9.78 Å². The van der Waals surface area contributed by atoms with Gasteiger partial charge in [0.1, 0.15) is 5.82 Å². The van der Waals surface area contributed by atoms with Gasteiger partial charge in [-0.25, -0.2) is 9.07 Å². The minimum Gasteiger partial charge on any atom is -0.295 e. The zero-order valence-corrected chi connectivity index (χ0v) is 20.0. The predicted molar refractivity (Wildman–Crippen MR) is 138 cm³/mol. The van der Waals surface area contributed by atoms with E-state index in [1.54, 1.807) is 12.1 Å². The van der Waals surface area contributed by atoms with Crippen LogP contribution in [0.15, 0.2) is 78.5 Å². The third kappa shape index (κ3) is 3.72. The van der Waals surface area contributed by atoms with E-state index >= 15 is 0 Å². The monoisotopic (exact) mass is 464 g/mol. The van der Waals surface area contributed by atoms with Crippen LogP contribution in [0, 0.1) is 11.7 Å². The van der Waals surface area contributed by atoms with Crippen LogP contribution in [0.5, 0.6) is 0 Å². The summed E-state index contributed by atoms with van der Waals surface area (Å²) in [6.45, 7) is 2.28. The molecule has 0 N–H and O–H groups in total. The van der Waals surface area contributed by atoms with Gasteiger partial charge in [0.2, 0.25) is 0 Å². The van der Waals surface area contributed by atoms with Crippen molar-refractivity contribution < 1.29 is 9.18 Å². The maximum absolute atomic E-state index is 13.5. The maximum atomic E-state index is 13.5. The van der Waals surface area contributed by atoms with Crippen LogP contribution in [0.2, 0.25) is 0 Å². The summed E-state index contributed by atoms with van der Waals surface area (Å²) >= 11 is 0. The van der Waals surface area contributed by atoms with Gasteiger partial charge in [-0.15, -0.1) is 0 Å². The molecule has 1 heterocycles. The number of nitrogens with zero attached hydrogens (tertiary/aromatic N) is 2. The maximum Gasteiger partial charge on any atom is 0.159 e. The third-order valence-corrected chi connectivity index (χ3v) is 8.25. The number of benzene rings is 3. The Balaban J connectivity index is 1.48. The van der Waals surface area contributed by atoms with Gasteiger partial charge >= 0.3 is 0 Å². The lowest BCUT2D eigenvalue weighted by Gasteiger charge is -2.44. The zero-order valence-electron chi connectivity index (χ0n) is 20.0. The van der Waals surface area contributed by atoms with Gasteiger partial charge in [0, 0.05) is 17.2 Å². The van der Waals surface area contributed by atoms with Crippen molar-refractivity contribution in [3.63, 3.8) is 0 Å². The molecule has 2 aliphatic carbocycles. The van der Waals surface area contributed by atoms with E-state index < -0.39 is 0 Å². The molecule has 0 unspecified atom stereocenters. The molecule has 176 valence electrons. The Kier molecular flexibility index (Phi) is 5.40. The highest BCUT2D eigenvalue weighted by Gasteiger charge is 2.47. The number of hydrogen-bond acceptors (Lipinski definition) is 2. The first-order chi connectivity index (χ1) is 17.1. The lowest BCUT2D eigenvalue weighted by atomic mass is 9.58. The molecule has 4 aromatic rings. The lowest BCUT2D eigenvalue weighted by molar-refractivity contribution is -0.118. The Morgan fingerprint density at radius 2 is 1.91 bits per heavy atom. The first-order valence-electron chi connectivity index (χ1n) is 12.6. The summed E-state index contributed by atoms with van der Waals surface area (Å²) < 4.78 is 15.4. The summed E-state index contributed by atoms with van der Waals surface area (Å²) in [6.07, 6.45) is 9.59. The van der Waals surface area contributed by atoms with Crippen LogP contribution in [0.3, 0.4) is 0 Å². The van der Waals surface area contributed by atoms with Gasteiger partial charge in [0.15, 0.2) is 5.78 Å². The molecule has 1 fully saturated rings. The van der Waals surface area contributed by atoms with Crippen LogP contribution in [0.4, 0.5) is 4.39 Å². The summed E-state index contributed by atoms with van der Waals surface area (Å²) in [5.74, 6) is 0.413. The molecular weight excluding hydrogens is 435 g/mol. The smallest absolute Gasteiger partial charge is 0.159 e. The van der Waals surface area contributed by atoms with Crippen molar-refractivity contribution in [3.05, 3.63) is 101 Å². The zero-order chi connectivity index (χ0) is 24.0. The fourth-order valence-corrected chi connectivity index (χ4v) is 6.43. The second-order valence-electron chi connectivity index (χ2n) is 10.1. The summed E-state index contributed by atoms with van der Waals surface area (Å²) in [6, 6.07) is 21.3. The van der Waals surface area contributed by atoms with Gasteiger partial charge in [0.05, 0.1) is 17.4 Å². The third-order valence-electron chi connectivity index (χ3n) is 8.25. The first kappa shape index (κ1) is 22.0. The molecule has 6 rings (SSSR count). The van der Waals surface area contributed by atoms with Crippen molar-refractivity contribution in [2.75, 3.05) is 0 Å². The summed E-state index contributed by atoms with van der Waals surface area (Å²) in [4.78, 5) is 13.2. The van der Waals surface area contributed by atoms with Crippen molar-refractivity contribution in [3.8, 4) is 5.69 Å². The molecule has 1 saturated carbocycles. The molecule has 0 spiro atoms. The number of rotatable bonds is 3. The number of allylic oxidation sites excluding steroid dienone is 1. The average molecular weight is 465 g/mol. The molecule has 0 aliphatic heterocycles. The predicted octanol–water partition coefficient (Wildman–Crippen LogP) is 7.21. The van der Waals surface area contributed by atoms with Crippen molar-refractivity contribution in [2.24, 2.45) is 5.92 Å². The van der Waals surface area contributed by atoms with Gasteiger partial charge < -0.3 is 0 Å². The van der Waals surface area contributed by atoms with Gasteiger partial charge in [0.25, 0.3) is 0 Å². The molecule has 1 aromatic heterocycles. The number of hydrogen-bond donors (Lipinski definition) is 0. The number of halogens is 1. The molecule has 0 saturated heterocycles. The Morgan fingerprint density at radius 3 is 2.69 bits per heavy atom. The van der Waals surface area contributed by atoms with Crippen molar-refractivity contribution >= 4 is 22.8 Å². The number of Topliss-reactive ketones (excluding diaryl/α,β-unsaturated/α-hetero) is 1. The van der Waals surface area contributed by atoms with Gasteiger partial charge in [-0.05, 0) is 103 Å². The summed E-state index contributed by atoms with van der Waals surface area (Å²) in [7, 11) is 0. The van der Waals surface area contributed by atoms with E-state index in [1.807, 2.05) is 29.1 Å². The Bertz CT molecular complexity index is 1430. The standard InChI is InChI=1S/C31H29FN2O/c1-2-31-19-23(15-21-7-4-3-5-8-21)30(35)18-25(31)10-6-9-22-17-29-24(16-28(22)31)20-33-34(29)27-13-11-26(32)12-14-27/h3-5,7-8,11-17,20,25H,2,6,9-10,18-19H2,1H3/t25-,31+/m0/s1. The normalized spacial score (nSPS) is 23.2. The largest absolute Gasteiger partial charge is 0.295 e. The minimum absolute atomic E-state index is 0.0491. The van der Waals surface area contributed by atoms with E-state index in [4.69, 9.17) is 0 Å². The highest BCUT2D eigenvalue weighted by molar-refractivity contribution is 6.01. The number of carbonyl (C=O) groups excluding carboxylic acids is 1. The number of fused-ring (bicyclic) bond motifs is 4. The highest BCUT2D eigenvalue weighted by Crippen LogP contribution is 2.52. The van der Waals surface area contributed by atoms with Crippen LogP contribution in [-0.2, 0) is 16.6 Å². The Hall–Kier alpha value is -3.53. The molecule has 0 bridgehead atoms. The van der Waals surface area contributed by atoms with Crippen LogP contribution in [-0.4, -0.2) is 15.6 Å². The van der Waals surface area contributed by atoms with E-state index in [1.165, 1.54) is 23.3 Å². The summed E-state index contributed by atoms with van der Waals surface area (Å²) in [5, 5.41) is 5.74. The van der Waals surface area contributed by atoms with Crippen LogP contribution >= 0.6 is 0 Å². The quantitative estimate of drug-likeness (QED) is 0.300. The number of aryl methyl sites for hydroxylation is 1. The molecule has 2 atom stereocenters. The lowest BCUT2D eigenvalue weighted by Crippen LogP contribution is -2.41. The number of ketones is 1. The average Bonchev–Trinajstić information content (AvgIpc) is 3.22. The molecule has 35 heavy (non-hydrogen) atoms. The molecule has 4 heteroatoms. The van der Waals surface area contributed by atoms with Crippen LogP contribution in [0.25, 0.3) is 22.7 Å². The molecular formula is C31H29FN2O. The summed E-state index contributed by atoms with van der Waals surface area (Å²) in [5.41, 5.74) is 6.64. The molecule has 3 nitrogen and oxygen atoms in total. The van der Waals surface area contributed by atoms with Gasteiger partial charge in [-0.1, -0.05) is 37.3 Å². The van der Waals surface area contributed by atoms with E-state index in [-0.39, 0.29) is 11.2 Å². The first-order valence-corrected chi connectivity index (χ1v) is 12.6. The number of carbonyl (C=O) groups is 1. The highest BCUT2D eigenvalue weighted by atomic mass is 19.1. The van der Waals surface area contributed by atoms with Crippen LogP contribution in [0.1, 0.15) is 55.7 Å². The fraction of sp³-hybridized carbons (Fsp3) is 0.290. The fourth-order valence-electron chi connectivity index (χ4n) is 6.43. The van der Waals surface area contributed by atoms with Gasteiger partial charge in [-0.3, -0.25) is 4.79 Å². The molecule has 0 radical (unpaired) electrons. The van der Waals surface area contributed by atoms with Crippen LogP contribution < -0.4 is 0 Å². The number of aromatic nitrogens is 2. The molecule has 3 aromatic carbocycles. The second-order valence-corrected chi connectivity index (χ2v) is 10.1. The Morgan fingerprint density at radius 1 is 1.11 bits per heavy atom. The Labute approximate surface area is 205 Å². The van der Waals surface area contributed by atoms with E-state index in [0.717, 1.165) is 59.8 Å². The van der Waals surface area contributed by atoms with E-state index in [2.05, 4.69) is 42.4 Å². The SMILES string of the molecule is CC[C@@]12CC(=Cc3ccccc3)C(=O)C[C@@H]1CCCc1cc3c(cnn3-c3ccc(F)cc3)cc12. The topological polar surface area (TPSA) is 34.9 Å². The minimum atomic E-state index is -0.249. The van der Waals surface area contributed by atoms with E-state index in [9.17, 15) is 9.18 Å². The van der Waals surface area contributed by atoms with Crippen molar-refractivity contribution in [2.45, 2.75) is 50.9 Å².